The lowest BCUT2D eigenvalue weighted by Crippen LogP contribution is -2.34. The first-order valence-corrected chi connectivity index (χ1v) is 6.46. The molecular formula is C14H21N3O4. The van der Waals surface area contributed by atoms with Crippen molar-refractivity contribution in [1.82, 2.24) is 5.32 Å². The number of carbonyl (C=O) groups is 2. The summed E-state index contributed by atoms with van der Waals surface area (Å²) in [7, 11) is 0. The number of rotatable bonds is 5. The van der Waals surface area contributed by atoms with Crippen LogP contribution in [0.2, 0.25) is 0 Å². The summed E-state index contributed by atoms with van der Waals surface area (Å²) in [6, 6.07) is 6.74. The molecule has 0 spiro atoms. The second-order valence-electron chi connectivity index (χ2n) is 5.34. The summed E-state index contributed by atoms with van der Waals surface area (Å²) >= 11 is 0. The average Bonchev–Trinajstić information content (AvgIpc) is 2.35. The van der Waals surface area contributed by atoms with Gasteiger partial charge in [0, 0.05) is 11.4 Å². The standard InChI is InChI=1S/C14H21N3O4/c1-14(2,3)21-13(19)16-9-20-8-12(18)17-11-6-4-10(15)5-7-11/h4-7H,8-9,15H2,1-3H3,(H,16,19)(H,17,18). The Bertz CT molecular complexity index is 480. The summed E-state index contributed by atoms with van der Waals surface area (Å²) in [4.78, 5) is 22.9. The summed E-state index contributed by atoms with van der Waals surface area (Å²) in [5.74, 6) is -0.328. The number of ether oxygens (including phenoxy) is 2. The molecule has 1 aromatic carbocycles. The normalized spacial score (nSPS) is 10.8. The first kappa shape index (κ1) is 16.8. The van der Waals surface area contributed by atoms with Gasteiger partial charge in [-0.05, 0) is 45.0 Å². The zero-order chi connectivity index (χ0) is 15.9. The molecular weight excluding hydrogens is 274 g/mol. The number of amides is 2. The van der Waals surface area contributed by atoms with E-state index in [1.807, 2.05) is 0 Å². The lowest BCUT2D eigenvalue weighted by Gasteiger charge is -2.19. The summed E-state index contributed by atoms with van der Waals surface area (Å²) in [5, 5.41) is 5.02. The Morgan fingerprint density at radius 3 is 2.38 bits per heavy atom. The topological polar surface area (TPSA) is 103 Å². The Kier molecular flexibility index (Phi) is 5.98. The predicted octanol–water partition coefficient (Wildman–Crippen LogP) is 1.71. The predicted molar refractivity (Wildman–Crippen MR) is 79.7 cm³/mol. The van der Waals surface area contributed by atoms with Crippen LogP contribution >= 0.6 is 0 Å². The fraction of sp³-hybridized carbons (Fsp3) is 0.429. The van der Waals surface area contributed by atoms with Crippen molar-refractivity contribution in [3.05, 3.63) is 24.3 Å². The van der Waals surface area contributed by atoms with E-state index in [1.165, 1.54) is 0 Å². The molecule has 0 aliphatic heterocycles. The molecule has 7 heteroatoms. The van der Waals surface area contributed by atoms with E-state index in [1.54, 1.807) is 45.0 Å². The van der Waals surface area contributed by atoms with Gasteiger partial charge in [0.15, 0.2) is 0 Å². The maximum absolute atomic E-state index is 11.6. The number of nitrogens with two attached hydrogens (primary N) is 1. The molecule has 0 atom stereocenters. The number of hydrogen-bond acceptors (Lipinski definition) is 5. The highest BCUT2D eigenvalue weighted by atomic mass is 16.6. The molecule has 0 fully saturated rings. The second kappa shape index (κ2) is 7.49. The third-order valence-corrected chi connectivity index (χ3v) is 2.15. The smallest absolute Gasteiger partial charge is 0.409 e. The van der Waals surface area contributed by atoms with Crippen molar-refractivity contribution >= 4 is 23.4 Å². The van der Waals surface area contributed by atoms with Crippen molar-refractivity contribution in [1.29, 1.82) is 0 Å². The summed E-state index contributed by atoms with van der Waals surface area (Å²) in [5.41, 5.74) is 6.21. The van der Waals surface area contributed by atoms with Crippen molar-refractivity contribution in [2.45, 2.75) is 26.4 Å². The Labute approximate surface area is 123 Å². The first-order valence-electron chi connectivity index (χ1n) is 6.46. The Balaban J connectivity index is 2.19. The zero-order valence-corrected chi connectivity index (χ0v) is 12.4. The molecule has 1 aromatic rings. The highest BCUT2D eigenvalue weighted by Crippen LogP contribution is 2.10. The van der Waals surface area contributed by atoms with E-state index in [2.05, 4.69) is 10.6 Å². The van der Waals surface area contributed by atoms with Gasteiger partial charge in [-0.15, -0.1) is 0 Å². The molecule has 0 saturated heterocycles. The molecule has 116 valence electrons. The lowest BCUT2D eigenvalue weighted by molar-refractivity contribution is -0.120. The minimum absolute atomic E-state index is 0.107. The molecule has 2 amide bonds. The third kappa shape index (κ3) is 7.78. The molecule has 0 saturated carbocycles. The summed E-state index contributed by atoms with van der Waals surface area (Å²) in [6.07, 6.45) is -0.596. The van der Waals surface area contributed by atoms with Gasteiger partial charge in [-0.25, -0.2) is 4.79 Å². The fourth-order valence-electron chi connectivity index (χ4n) is 1.33. The molecule has 0 aliphatic carbocycles. The number of hydrogen-bond donors (Lipinski definition) is 3. The summed E-state index contributed by atoms with van der Waals surface area (Å²) < 4.78 is 10.0. The van der Waals surface area contributed by atoms with Gasteiger partial charge in [-0.1, -0.05) is 0 Å². The Morgan fingerprint density at radius 1 is 1.19 bits per heavy atom. The van der Waals surface area contributed by atoms with Gasteiger partial charge in [-0.3, -0.25) is 10.1 Å². The number of anilines is 2. The molecule has 0 unspecified atom stereocenters. The highest BCUT2D eigenvalue weighted by Gasteiger charge is 2.15. The van der Waals surface area contributed by atoms with Gasteiger partial charge in [-0.2, -0.15) is 0 Å². The van der Waals surface area contributed by atoms with E-state index in [9.17, 15) is 9.59 Å². The zero-order valence-electron chi connectivity index (χ0n) is 12.4. The van der Waals surface area contributed by atoms with Gasteiger partial charge in [0.25, 0.3) is 0 Å². The third-order valence-electron chi connectivity index (χ3n) is 2.15. The number of alkyl carbamates (subject to hydrolysis) is 1. The van der Waals surface area contributed by atoms with Crippen molar-refractivity contribution in [2.24, 2.45) is 0 Å². The van der Waals surface area contributed by atoms with Crippen molar-refractivity contribution in [3.63, 3.8) is 0 Å². The van der Waals surface area contributed by atoms with Crippen LogP contribution in [0.25, 0.3) is 0 Å². The lowest BCUT2D eigenvalue weighted by atomic mass is 10.2. The number of nitrogen functional groups attached to an aromatic ring is 1. The number of nitrogens with one attached hydrogen (secondary N) is 2. The fourth-order valence-corrected chi connectivity index (χ4v) is 1.33. The van der Waals surface area contributed by atoms with Crippen LogP contribution < -0.4 is 16.4 Å². The molecule has 21 heavy (non-hydrogen) atoms. The van der Waals surface area contributed by atoms with Crippen LogP contribution in [-0.4, -0.2) is 30.9 Å². The van der Waals surface area contributed by atoms with Crippen LogP contribution in [0.5, 0.6) is 0 Å². The first-order chi connectivity index (χ1) is 9.76. The number of benzene rings is 1. The largest absolute Gasteiger partial charge is 0.444 e. The van der Waals surface area contributed by atoms with Crippen LogP contribution in [0.1, 0.15) is 20.8 Å². The van der Waals surface area contributed by atoms with Crippen molar-refractivity contribution < 1.29 is 19.1 Å². The van der Waals surface area contributed by atoms with Crippen LogP contribution in [0, 0.1) is 0 Å². The van der Waals surface area contributed by atoms with E-state index in [4.69, 9.17) is 15.2 Å². The summed E-state index contributed by atoms with van der Waals surface area (Å²) in [6.45, 7) is 4.98. The van der Waals surface area contributed by atoms with E-state index in [0.717, 1.165) is 0 Å². The molecule has 7 nitrogen and oxygen atoms in total. The van der Waals surface area contributed by atoms with Gasteiger partial charge in [0.2, 0.25) is 5.91 Å². The monoisotopic (exact) mass is 295 g/mol. The number of carbonyl (C=O) groups excluding carboxylic acids is 2. The molecule has 0 aliphatic rings. The minimum Gasteiger partial charge on any atom is -0.444 e. The van der Waals surface area contributed by atoms with Gasteiger partial charge in [0.05, 0.1) is 0 Å². The Morgan fingerprint density at radius 2 is 1.81 bits per heavy atom. The van der Waals surface area contributed by atoms with Gasteiger partial charge in [0.1, 0.15) is 18.9 Å². The second-order valence-corrected chi connectivity index (χ2v) is 5.34. The van der Waals surface area contributed by atoms with E-state index in [0.29, 0.717) is 11.4 Å². The molecule has 0 heterocycles. The van der Waals surface area contributed by atoms with E-state index in [-0.39, 0.29) is 19.2 Å². The van der Waals surface area contributed by atoms with E-state index >= 15 is 0 Å². The maximum atomic E-state index is 11.6. The molecule has 4 N–H and O–H groups in total. The van der Waals surface area contributed by atoms with E-state index < -0.39 is 11.7 Å². The van der Waals surface area contributed by atoms with Crippen LogP contribution in [0.15, 0.2) is 24.3 Å². The molecule has 1 rings (SSSR count). The molecule has 0 aromatic heterocycles. The SMILES string of the molecule is CC(C)(C)OC(=O)NCOCC(=O)Nc1ccc(N)cc1. The van der Waals surface area contributed by atoms with Crippen LogP contribution in [0.4, 0.5) is 16.2 Å². The van der Waals surface area contributed by atoms with Gasteiger partial charge < -0.3 is 20.5 Å². The van der Waals surface area contributed by atoms with Crippen LogP contribution in [-0.2, 0) is 14.3 Å². The average molecular weight is 295 g/mol. The van der Waals surface area contributed by atoms with Crippen molar-refractivity contribution in [2.75, 3.05) is 24.4 Å². The highest BCUT2D eigenvalue weighted by molar-refractivity contribution is 5.91. The van der Waals surface area contributed by atoms with Crippen molar-refractivity contribution in [3.8, 4) is 0 Å². The maximum Gasteiger partial charge on any atom is 0.409 e. The quantitative estimate of drug-likeness (QED) is 0.436. The minimum atomic E-state index is -0.596. The Hall–Kier alpha value is -2.28. The van der Waals surface area contributed by atoms with Crippen LogP contribution in [0.3, 0.4) is 0 Å². The molecule has 0 radical (unpaired) electrons. The molecule has 0 bridgehead atoms. The van der Waals surface area contributed by atoms with Gasteiger partial charge >= 0.3 is 6.09 Å².